The second kappa shape index (κ2) is 10.9. The number of nitro benzene ring substituents is 1. The van der Waals surface area contributed by atoms with Gasteiger partial charge in [-0.2, -0.15) is 4.31 Å². The number of carbonyl (C=O) groups excluding carboxylic acids is 1. The molecule has 41 heavy (non-hydrogen) atoms. The Morgan fingerprint density at radius 1 is 0.854 bits per heavy atom. The van der Waals surface area contributed by atoms with Gasteiger partial charge in [0.05, 0.1) is 23.0 Å². The maximum atomic E-state index is 14.6. The summed E-state index contributed by atoms with van der Waals surface area (Å²) in [6.45, 7) is 3.74. The second-order valence-corrected chi connectivity index (χ2v) is 11.7. The number of nitrogens with zero attached hydrogens (tertiary/aromatic N) is 2. The van der Waals surface area contributed by atoms with Gasteiger partial charge in [-0.1, -0.05) is 90.0 Å². The molecule has 1 saturated heterocycles. The summed E-state index contributed by atoms with van der Waals surface area (Å²) < 4.78 is 42.2. The number of carbonyl (C=O) groups is 1. The molecule has 10 heteroatoms. The fraction of sp³-hybridized carbons (Fsp3) is 0.194. The Hall–Kier alpha value is -4.38. The molecule has 1 heterocycles. The molecule has 0 saturated carbocycles. The second-order valence-electron chi connectivity index (χ2n) is 9.87. The minimum absolute atomic E-state index is 0.00381. The third kappa shape index (κ3) is 4.90. The first-order valence-corrected chi connectivity index (χ1v) is 14.3. The monoisotopic (exact) mass is 572 g/mol. The molecule has 0 amide bonds. The molecule has 0 unspecified atom stereocenters. The van der Waals surface area contributed by atoms with Crippen LogP contribution < -0.4 is 0 Å². The Morgan fingerprint density at radius 2 is 1.41 bits per heavy atom. The first kappa shape index (κ1) is 28.2. The van der Waals surface area contributed by atoms with Gasteiger partial charge in [0.15, 0.2) is 6.23 Å². The molecule has 5 rings (SSSR count). The van der Waals surface area contributed by atoms with Gasteiger partial charge in [-0.25, -0.2) is 13.2 Å². The van der Waals surface area contributed by atoms with Crippen LogP contribution in [0.1, 0.15) is 40.1 Å². The van der Waals surface area contributed by atoms with Gasteiger partial charge in [0, 0.05) is 12.1 Å². The molecule has 0 aliphatic carbocycles. The van der Waals surface area contributed by atoms with Crippen LogP contribution in [0.4, 0.5) is 5.69 Å². The van der Waals surface area contributed by atoms with Gasteiger partial charge in [0.25, 0.3) is 5.69 Å². The van der Waals surface area contributed by atoms with Gasteiger partial charge in [0.1, 0.15) is 0 Å². The summed E-state index contributed by atoms with van der Waals surface area (Å²) in [7, 11) is -3.13. The van der Waals surface area contributed by atoms with Crippen molar-refractivity contribution in [1.82, 2.24) is 4.31 Å². The smallest absolute Gasteiger partial charge is 0.345 e. The Balaban J connectivity index is 1.85. The molecule has 9 nitrogen and oxygen atoms in total. The van der Waals surface area contributed by atoms with E-state index in [1.807, 2.05) is 13.8 Å². The molecule has 1 fully saturated rings. The zero-order chi connectivity index (χ0) is 29.4. The number of nitro groups is 1. The topological polar surface area (TPSA) is 116 Å². The molecule has 210 valence electrons. The lowest BCUT2D eigenvalue weighted by atomic mass is 9.82. The SMILES string of the molecule is COC(=O)[C@@]1(c2ccc(C)cc2)O[C@H](c2ccccc2)N(S(=O)(=O)c2ccc(C)cc2)[C@@H]1c1ccc([N+](=O)[O-])cc1. The number of ether oxygens (including phenoxy) is 2. The van der Waals surface area contributed by atoms with Crippen LogP contribution in [0.25, 0.3) is 0 Å². The molecule has 0 bridgehead atoms. The molecular formula is C31H28N2O7S. The number of rotatable bonds is 7. The average Bonchev–Trinajstić information content (AvgIpc) is 3.36. The fourth-order valence-corrected chi connectivity index (χ4v) is 6.84. The predicted molar refractivity (Wildman–Crippen MR) is 151 cm³/mol. The van der Waals surface area contributed by atoms with E-state index < -0.39 is 38.8 Å². The van der Waals surface area contributed by atoms with Crippen LogP contribution in [0.3, 0.4) is 0 Å². The van der Waals surface area contributed by atoms with E-state index in [0.29, 0.717) is 16.7 Å². The molecular weight excluding hydrogens is 544 g/mol. The summed E-state index contributed by atoms with van der Waals surface area (Å²) in [4.78, 5) is 24.8. The van der Waals surface area contributed by atoms with Crippen molar-refractivity contribution in [3.05, 3.63) is 141 Å². The van der Waals surface area contributed by atoms with E-state index in [2.05, 4.69) is 0 Å². The Morgan fingerprint density at radius 3 is 1.95 bits per heavy atom. The quantitative estimate of drug-likeness (QED) is 0.157. The summed E-state index contributed by atoms with van der Waals surface area (Å²) >= 11 is 0. The van der Waals surface area contributed by atoms with E-state index in [9.17, 15) is 23.3 Å². The zero-order valence-electron chi connectivity index (χ0n) is 22.6. The number of benzene rings is 4. The van der Waals surface area contributed by atoms with Gasteiger partial charge < -0.3 is 9.47 Å². The lowest BCUT2D eigenvalue weighted by molar-refractivity contribution is -0.384. The molecule has 4 aromatic carbocycles. The Bertz CT molecular complexity index is 1670. The summed E-state index contributed by atoms with van der Waals surface area (Å²) in [5.74, 6) is -0.813. The first-order valence-electron chi connectivity index (χ1n) is 12.8. The third-order valence-electron chi connectivity index (χ3n) is 7.24. The van der Waals surface area contributed by atoms with Crippen LogP contribution in [0.5, 0.6) is 0 Å². The standard InChI is InChI=1S/C31H28N2O7S/c1-21-9-15-25(16-10-21)31(30(34)39-3)28(23-13-17-26(18-14-23)33(35)36)32(29(40-31)24-7-5-4-6-8-24)41(37,38)27-19-11-22(2)12-20-27/h4-20,28-29H,1-3H3/t28-,29-,31+/m1/s1. The number of sulfonamides is 1. The molecule has 0 radical (unpaired) electrons. The van der Waals surface area contributed by atoms with E-state index in [-0.39, 0.29) is 10.6 Å². The van der Waals surface area contributed by atoms with Crippen molar-refractivity contribution in [2.75, 3.05) is 7.11 Å². The van der Waals surface area contributed by atoms with Crippen molar-refractivity contribution < 1.29 is 27.6 Å². The normalized spacial score (nSPS) is 21.0. The summed E-state index contributed by atoms with van der Waals surface area (Å²) in [5.41, 5.74) is 0.833. The van der Waals surface area contributed by atoms with Crippen LogP contribution in [0.2, 0.25) is 0 Å². The van der Waals surface area contributed by atoms with Crippen LogP contribution in [0.15, 0.2) is 108 Å². The fourth-order valence-electron chi connectivity index (χ4n) is 5.15. The summed E-state index contributed by atoms with van der Waals surface area (Å²) in [6, 6.07) is 26.3. The molecule has 1 aliphatic rings. The number of non-ortho nitro benzene ring substituents is 1. The van der Waals surface area contributed by atoms with E-state index in [4.69, 9.17) is 9.47 Å². The maximum Gasteiger partial charge on any atom is 0.345 e. The highest BCUT2D eigenvalue weighted by Gasteiger charge is 2.64. The highest BCUT2D eigenvalue weighted by molar-refractivity contribution is 7.89. The van der Waals surface area contributed by atoms with Crippen LogP contribution in [0, 0.1) is 24.0 Å². The third-order valence-corrected chi connectivity index (χ3v) is 9.06. The first-order chi connectivity index (χ1) is 19.6. The molecule has 0 N–H and O–H groups in total. The number of methoxy groups -OCH3 is 1. The summed E-state index contributed by atoms with van der Waals surface area (Å²) in [6.07, 6.45) is -1.25. The molecule has 0 spiro atoms. The van der Waals surface area contributed by atoms with Gasteiger partial charge in [-0.15, -0.1) is 0 Å². The summed E-state index contributed by atoms with van der Waals surface area (Å²) in [5, 5.41) is 11.4. The lowest BCUT2D eigenvalue weighted by Gasteiger charge is -2.34. The van der Waals surface area contributed by atoms with E-state index in [1.54, 1.807) is 66.7 Å². The van der Waals surface area contributed by atoms with Crippen LogP contribution in [-0.4, -0.2) is 30.7 Å². The Kier molecular flexibility index (Phi) is 7.48. The highest BCUT2D eigenvalue weighted by Crippen LogP contribution is 2.57. The maximum absolute atomic E-state index is 14.6. The number of aryl methyl sites for hydroxylation is 2. The highest BCUT2D eigenvalue weighted by atomic mass is 32.2. The molecule has 1 aliphatic heterocycles. The van der Waals surface area contributed by atoms with E-state index in [0.717, 1.165) is 11.1 Å². The number of esters is 1. The van der Waals surface area contributed by atoms with E-state index in [1.165, 1.54) is 47.8 Å². The predicted octanol–water partition coefficient (Wildman–Crippen LogP) is 5.74. The minimum Gasteiger partial charge on any atom is -0.467 e. The minimum atomic E-state index is -4.34. The lowest BCUT2D eigenvalue weighted by Crippen LogP contribution is -2.45. The zero-order valence-corrected chi connectivity index (χ0v) is 23.4. The molecule has 3 atom stereocenters. The van der Waals surface area contributed by atoms with Crippen LogP contribution in [-0.2, 0) is 29.9 Å². The average molecular weight is 573 g/mol. The molecule has 0 aromatic heterocycles. The van der Waals surface area contributed by atoms with Gasteiger partial charge in [0.2, 0.25) is 15.6 Å². The molecule has 4 aromatic rings. The van der Waals surface area contributed by atoms with Crippen LogP contribution >= 0.6 is 0 Å². The van der Waals surface area contributed by atoms with Crippen molar-refractivity contribution in [3.63, 3.8) is 0 Å². The largest absolute Gasteiger partial charge is 0.467 e. The number of hydrogen-bond donors (Lipinski definition) is 0. The van der Waals surface area contributed by atoms with Crippen molar-refractivity contribution in [2.45, 2.75) is 36.6 Å². The van der Waals surface area contributed by atoms with Gasteiger partial charge in [-0.3, -0.25) is 10.1 Å². The van der Waals surface area contributed by atoms with E-state index >= 15 is 0 Å². The van der Waals surface area contributed by atoms with Crippen molar-refractivity contribution in [3.8, 4) is 0 Å². The van der Waals surface area contributed by atoms with Crippen molar-refractivity contribution >= 4 is 21.7 Å². The van der Waals surface area contributed by atoms with Crippen molar-refractivity contribution in [1.29, 1.82) is 0 Å². The van der Waals surface area contributed by atoms with Gasteiger partial charge >= 0.3 is 5.97 Å². The number of hydrogen-bond acceptors (Lipinski definition) is 7. The van der Waals surface area contributed by atoms with Gasteiger partial charge in [-0.05, 0) is 42.7 Å². The Labute approximate surface area is 238 Å². The van der Waals surface area contributed by atoms with Crippen molar-refractivity contribution in [2.24, 2.45) is 0 Å².